The first kappa shape index (κ1) is 16.9. The number of benzene rings is 2. The van der Waals surface area contributed by atoms with Crippen molar-refractivity contribution < 1.29 is 14.2 Å². The number of nitrogens with one attached hydrogen (secondary N) is 1. The van der Waals surface area contributed by atoms with Crippen LogP contribution in [-0.2, 0) is 6.42 Å². The third kappa shape index (κ3) is 3.04. The van der Waals surface area contributed by atoms with Crippen LogP contribution >= 0.6 is 11.6 Å². The van der Waals surface area contributed by atoms with E-state index in [1.165, 1.54) is 11.1 Å². The summed E-state index contributed by atoms with van der Waals surface area (Å²) in [6, 6.07) is 10.2. The van der Waals surface area contributed by atoms with Crippen molar-refractivity contribution in [2.75, 3.05) is 34.4 Å². The van der Waals surface area contributed by atoms with Crippen LogP contribution in [0.3, 0.4) is 0 Å². The number of hydrogen-bond acceptors (Lipinski definition) is 4. The van der Waals surface area contributed by atoms with Gasteiger partial charge in [0.15, 0.2) is 11.5 Å². The summed E-state index contributed by atoms with van der Waals surface area (Å²) in [6.07, 6.45) is 0.862. The number of fused-ring (bicyclic) bond motifs is 1. The summed E-state index contributed by atoms with van der Waals surface area (Å²) in [7, 11) is 4.93. The van der Waals surface area contributed by atoms with Gasteiger partial charge < -0.3 is 19.5 Å². The molecule has 0 amide bonds. The van der Waals surface area contributed by atoms with Crippen LogP contribution in [-0.4, -0.2) is 34.4 Å². The minimum absolute atomic E-state index is 0.200. The second kappa shape index (κ2) is 7.32. The number of halogens is 1. The van der Waals surface area contributed by atoms with Crippen LogP contribution in [0.5, 0.6) is 17.2 Å². The van der Waals surface area contributed by atoms with Gasteiger partial charge in [-0.3, -0.25) is 0 Å². The molecule has 1 atom stereocenters. The molecule has 5 heteroatoms. The quantitative estimate of drug-likeness (QED) is 0.916. The highest BCUT2D eigenvalue weighted by atomic mass is 35.5. The predicted molar refractivity (Wildman–Crippen MR) is 96.0 cm³/mol. The van der Waals surface area contributed by atoms with Gasteiger partial charge in [0, 0.05) is 12.5 Å². The molecule has 0 radical (unpaired) electrons. The Morgan fingerprint density at radius 3 is 2.42 bits per heavy atom. The molecule has 4 nitrogen and oxygen atoms in total. The maximum absolute atomic E-state index is 6.63. The molecule has 1 aliphatic heterocycles. The third-order valence-corrected chi connectivity index (χ3v) is 4.94. The lowest BCUT2D eigenvalue weighted by Gasteiger charge is -2.22. The monoisotopic (exact) mass is 347 g/mol. The first-order valence-corrected chi connectivity index (χ1v) is 8.35. The van der Waals surface area contributed by atoms with Gasteiger partial charge in [-0.25, -0.2) is 0 Å². The van der Waals surface area contributed by atoms with E-state index >= 15 is 0 Å². The summed E-state index contributed by atoms with van der Waals surface area (Å²) in [5.74, 6) is 2.33. The number of rotatable bonds is 4. The first-order chi connectivity index (χ1) is 11.7. The maximum Gasteiger partial charge on any atom is 0.179 e. The highest BCUT2D eigenvalue weighted by Crippen LogP contribution is 2.44. The Morgan fingerprint density at radius 2 is 1.79 bits per heavy atom. The number of ether oxygens (including phenoxy) is 3. The molecule has 1 aliphatic rings. The van der Waals surface area contributed by atoms with E-state index in [4.69, 9.17) is 25.8 Å². The third-order valence-electron chi connectivity index (χ3n) is 4.54. The van der Waals surface area contributed by atoms with Gasteiger partial charge >= 0.3 is 0 Å². The van der Waals surface area contributed by atoms with E-state index in [0.717, 1.165) is 30.8 Å². The molecule has 0 bridgehead atoms. The highest BCUT2D eigenvalue weighted by molar-refractivity contribution is 6.33. The molecular weight excluding hydrogens is 326 g/mol. The zero-order chi connectivity index (χ0) is 17.1. The Morgan fingerprint density at radius 1 is 1.04 bits per heavy atom. The van der Waals surface area contributed by atoms with Gasteiger partial charge in [0.2, 0.25) is 0 Å². The van der Waals surface area contributed by atoms with Crippen molar-refractivity contribution in [2.45, 2.75) is 12.3 Å². The molecule has 0 spiro atoms. The van der Waals surface area contributed by atoms with E-state index in [1.54, 1.807) is 21.3 Å². The van der Waals surface area contributed by atoms with Crippen LogP contribution in [0, 0.1) is 0 Å². The van der Waals surface area contributed by atoms with E-state index in [1.807, 2.05) is 12.1 Å². The van der Waals surface area contributed by atoms with E-state index < -0.39 is 0 Å². The van der Waals surface area contributed by atoms with Gasteiger partial charge in [0.25, 0.3) is 0 Å². The predicted octanol–water partition coefficient (Wildman–Crippen LogP) is 3.64. The minimum Gasteiger partial charge on any atom is -0.497 e. The smallest absolute Gasteiger partial charge is 0.179 e. The van der Waals surface area contributed by atoms with Crippen molar-refractivity contribution in [3.63, 3.8) is 0 Å². The largest absolute Gasteiger partial charge is 0.497 e. The zero-order valence-electron chi connectivity index (χ0n) is 14.2. The SMILES string of the molecule is COc1ccc([C@H]2CNCCc3c2cc(OC)c(OC)c3Cl)cc1. The van der Waals surface area contributed by atoms with E-state index in [-0.39, 0.29) is 5.92 Å². The molecule has 2 aromatic rings. The molecule has 0 fully saturated rings. The molecule has 24 heavy (non-hydrogen) atoms. The molecule has 0 aromatic heterocycles. The molecule has 1 heterocycles. The highest BCUT2D eigenvalue weighted by Gasteiger charge is 2.26. The summed E-state index contributed by atoms with van der Waals surface area (Å²) < 4.78 is 16.2. The fourth-order valence-corrected chi connectivity index (χ4v) is 3.65. The maximum atomic E-state index is 6.63. The second-order valence-electron chi connectivity index (χ2n) is 5.77. The van der Waals surface area contributed by atoms with E-state index in [9.17, 15) is 0 Å². The van der Waals surface area contributed by atoms with Gasteiger partial charge in [-0.15, -0.1) is 0 Å². The van der Waals surface area contributed by atoms with Gasteiger partial charge in [-0.2, -0.15) is 0 Å². The fourth-order valence-electron chi connectivity index (χ4n) is 3.28. The lowest BCUT2D eigenvalue weighted by molar-refractivity contribution is 0.354. The van der Waals surface area contributed by atoms with Crippen LogP contribution in [0.25, 0.3) is 0 Å². The molecule has 0 saturated carbocycles. The fraction of sp³-hybridized carbons (Fsp3) is 0.368. The van der Waals surface area contributed by atoms with Crippen LogP contribution in [0.2, 0.25) is 5.02 Å². The lowest BCUT2D eigenvalue weighted by Crippen LogP contribution is -2.20. The molecule has 0 unspecified atom stereocenters. The van der Waals surface area contributed by atoms with Gasteiger partial charge in [0.05, 0.1) is 26.4 Å². The Hall–Kier alpha value is -1.91. The summed E-state index contributed by atoms with van der Waals surface area (Å²) in [4.78, 5) is 0. The molecular formula is C19H22ClNO3. The van der Waals surface area contributed by atoms with Crippen molar-refractivity contribution in [1.29, 1.82) is 0 Å². The van der Waals surface area contributed by atoms with Crippen molar-refractivity contribution in [2.24, 2.45) is 0 Å². The summed E-state index contributed by atoms with van der Waals surface area (Å²) in [5.41, 5.74) is 3.53. The average molecular weight is 348 g/mol. The van der Waals surface area contributed by atoms with Crippen LogP contribution in [0.1, 0.15) is 22.6 Å². The molecule has 128 valence electrons. The standard InChI is InChI=1S/C19H22ClNO3/c1-22-13-6-4-12(5-7-13)16-11-21-9-8-14-15(16)10-17(23-2)19(24-3)18(14)20/h4-7,10,16,21H,8-9,11H2,1-3H3/t16-/m1/s1. The average Bonchev–Trinajstić information content (AvgIpc) is 2.84. The van der Waals surface area contributed by atoms with Crippen molar-refractivity contribution >= 4 is 11.6 Å². The minimum atomic E-state index is 0.200. The molecule has 3 rings (SSSR count). The van der Waals surface area contributed by atoms with Crippen LogP contribution < -0.4 is 19.5 Å². The van der Waals surface area contributed by atoms with Crippen LogP contribution in [0.4, 0.5) is 0 Å². The van der Waals surface area contributed by atoms with Crippen molar-refractivity contribution in [1.82, 2.24) is 5.32 Å². The number of methoxy groups -OCH3 is 3. The first-order valence-electron chi connectivity index (χ1n) is 7.97. The zero-order valence-corrected chi connectivity index (χ0v) is 14.9. The second-order valence-corrected chi connectivity index (χ2v) is 6.15. The molecule has 0 aliphatic carbocycles. The Bertz CT molecular complexity index is 716. The van der Waals surface area contributed by atoms with Crippen molar-refractivity contribution in [3.05, 3.63) is 52.0 Å². The molecule has 1 N–H and O–H groups in total. The van der Waals surface area contributed by atoms with Gasteiger partial charge in [-0.05, 0) is 47.9 Å². The summed E-state index contributed by atoms with van der Waals surface area (Å²) in [6.45, 7) is 1.74. The van der Waals surface area contributed by atoms with E-state index in [2.05, 4.69) is 23.5 Å². The number of hydrogen-bond donors (Lipinski definition) is 1. The lowest BCUT2D eigenvalue weighted by atomic mass is 9.87. The Kier molecular flexibility index (Phi) is 5.17. The normalized spacial score (nSPS) is 16.9. The Balaban J connectivity index is 2.12. The van der Waals surface area contributed by atoms with E-state index in [0.29, 0.717) is 16.5 Å². The van der Waals surface area contributed by atoms with Gasteiger partial charge in [-0.1, -0.05) is 23.7 Å². The van der Waals surface area contributed by atoms with Crippen molar-refractivity contribution in [3.8, 4) is 17.2 Å². The summed E-state index contributed by atoms with van der Waals surface area (Å²) >= 11 is 6.63. The summed E-state index contributed by atoms with van der Waals surface area (Å²) in [5, 5.41) is 4.15. The molecule has 2 aromatic carbocycles. The van der Waals surface area contributed by atoms with Crippen LogP contribution in [0.15, 0.2) is 30.3 Å². The topological polar surface area (TPSA) is 39.7 Å². The van der Waals surface area contributed by atoms with Gasteiger partial charge in [0.1, 0.15) is 5.75 Å². The molecule has 0 saturated heterocycles. The Labute approximate surface area is 147 Å².